The topological polar surface area (TPSA) is 95.9 Å². The molecule has 0 bridgehead atoms. The van der Waals surface area contributed by atoms with Crippen LogP contribution in [0, 0.1) is 0 Å². The number of hydrogen-bond acceptors (Lipinski definition) is 5. The molecule has 520 valence electrons. The minimum absolute atomic E-state index is 0.0193. The van der Waals surface area contributed by atoms with Crippen molar-refractivity contribution in [2.45, 2.75) is 463 Å². The minimum Gasteiger partial charge on any atom is -0.466 e. The average Bonchev–Trinajstić information content (AvgIpc) is 3.54. The van der Waals surface area contributed by atoms with Crippen LogP contribution in [-0.4, -0.2) is 47.4 Å². The number of aliphatic hydroxyl groups excluding tert-OH is 2. The number of allylic oxidation sites excluding steroid dienone is 6. The maximum absolute atomic E-state index is 12.5. The summed E-state index contributed by atoms with van der Waals surface area (Å²) in [5.41, 5.74) is 0. The summed E-state index contributed by atoms with van der Waals surface area (Å²) in [6, 6.07) is -0.537. The minimum atomic E-state index is -0.660. The van der Waals surface area contributed by atoms with E-state index in [1.807, 2.05) is 0 Å². The number of esters is 1. The highest BCUT2D eigenvalue weighted by Crippen LogP contribution is 2.20. The van der Waals surface area contributed by atoms with E-state index in [1.165, 1.54) is 372 Å². The van der Waals surface area contributed by atoms with Crippen molar-refractivity contribution in [1.29, 1.82) is 0 Å². The molecule has 0 aliphatic carbocycles. The van der Waals surface area contributed by atoms with Gasteiger partial charge in [0.15, 0.2) is 0 Å². The van der Waals surface area contributed by atoms with Gasteiger partial charge >= 0.3 is 5.97 Å². The lowest BCUT2D eigenvalue weighted by atomic mass is 10.0. The van der Waals surface area contributed by atoms with E-state index in [-0.39, 0.29) is 18.5 Å². The molecule has 2 unspecified atom stereocenters. The number of rotatable bonds is 76. The molecule has 6 nitrogen and oxygen atoms in total. The first-order valence-corrected chi connectivity index (χ1v) is 40.2. The number of carbonyl (C=O) groups excluding carboxylic acids is 2. The standard InChI is InChI=1S/C82H157NO5/c1-3-5-7-9-11-13-15-17-18-19-41-45-48-52-56-60-64-68-72-76-82(87)88-77-73-69-65-61-57-53-49-46-43-40-38-36-34-32-30-28-26-24-22-20-21-23-25-27-29-31-33-35-37-39-42-44-47-51-55-59-63-67-71-75-81(86)83-79(78-84)80(85)74-70-66-62-58-54-50-16-14-12-10-8-6-4-2/h11,13,17-18,20-21,79-80,84-85H,3-10,12,14-16,19,22-78H2,1-2H3,(H,83,86)/b13-11-,18-17-,21-20-. The van der Waals surface area contributed by atoms with Crippen LogP contribution in [-0.2, 0) is 14.3 Å². The summed E-state index contributed by atoms with van der Waals surface area (Å²) in [6.45, 7) is 4.96. The van der Waals surface area contributed by atoms with Crippen molar-refractivity contribution in [3.05, 3.63) is 36.5 Å². The van der Waals surface area contributed by atoms with Gasteiger partial charge in [0.25, 0.3) is 0 Å². The second-order valence-electron chi connectivity index (χ2n) is 27.7. The molecule has 0 aromatic heterocycles. The van der Waals surface area contributed by atoms with Crippen LogP contribution in [0.15, 0.2) is 36.5 Å². The summed E-state index contributed by atoms with van der Waals surface area (Å²) in [5, 5.41) is 23.3. The Kier molecular flexibility index (Phi) is 75.8. The van der Waals surface area contributed by atoms with Gasteiger partial charge in [-0.05, 0) is 83.5 Å². The molecule has 2 atom stereocenters. The van der Waals surface area contributed by atoms with Crippen molar-refractivity contribution in [1.82, 2.24) is 5.32 Å². The van der Waals surface area contributed by atoms with E-state index in [1.54, 1.807) is 0 Å². The van der Waals surface area contributed by atoms with Gasteiger partial charge in [-0.25, -0.2) is 0 Å². The zero-order valence-electron chi connectivity index (χ0n) is 59.7. The van der Waals surface area contributed by atoms with Gasteiger partial charge in [-0.3, -0.25) is 9.59 Å². The molecule has 0 rings (SSSR count). The molecule has 0 radical (unpaired) electrons. The van der Waals surface area contributed by atoms with E-state index in [2.05, 4.69) is 55.6 Å². The van der Waals surface area contributed by atoms with Crippen LogP contribution in [0.4, 0.5) is 0 Å². The van der Waals surface area contributed by atoms with E-state index in [0.717, 1.165) is 44.9 Å². The highest BCUT2D eigenvalue weighted by molar-refractivity contribution is 5.76. The van der Waals surface area contributed by atoms with Gasteiger partial charge in [-0.1, -0.05) is 391 Å². The Morgan fingerprint density at radius 3 is 0.898 bits per heavy atom. The van der Waals surface area contributed by atoms with E-state index in [0.29, 0.717) is 25.9 Å². The van der Waals surface area contributed by atoms with Gasteiger partial charge < -0.3 is 20.3 Å². The Morgan fingerprint density at radius 2 is 0.568 bits per heavy atom. The lowest BCUT2D eigenvalue weighted by molar-refractivity contribution is -0.143. The van der Waals surface area contributed by atoms with Crippen LogP contribution in [0.25, 0.3) is 0 Å². The summed E-state index contributed by atoms with van der Waals surface area (Å²) in [6.07, 6.45) is 101. The highest BCUT2D eigenvalue weighted by Gasteiger charge is 2.20. The van der Waals surface area contributed by atoms with Crippen molar-refractivity contribution >= 4 is 11.9 Å². The van der Waals surface area contributed by atoms with Gasteiger partial charge in [0.1, 0.15) is 0 Å². The van der Waals surface area contributed by atoms with Crippen molar-refractivity contribution < 1.29 is 24.5 Å². The predicted molar refractivity (Wildman–Crippen MR) is 389 cm³/mol. The largest absolute Gasteiger partial charge is 0.466 e. The molecule has 0 aromatic rings. The third-order valence-electron chi connectivity index (χ3n) is 18.9. The average molecular weight is 1240 g/mol. The van der Waals surface area contributed by atoms with Gasteiger partial charge in [0.2, 0.25) is 5.91 Å². The van der Waals surface area contributed by atoms with Crippen LogP contribution in [0.1, 0.15) is 450 Å². The molecule has 6 heteroatoms. The van der Waals surface area contributed by atoms with Crippen molar-refractivity contribution in [3.8, 4) is 0 Å². The Balaban J connectivity index is 3.30. The van der Waals surface area contributed by atoms with Crippen molar-refractivity contribution in [2.24, 2.45) is 0 Å². The summed E-state index contributed by atoms with van der Waals surface area (Å²) >= 11 is 0. The smallest absolute Gasteiger partial charge is 0.305 e. The fraction of sp³-hybridized carbons (Fsp3) is 0.902. The molecule has 0 saturated heterocycles. The molecular weight excluding hydrogens is 1080 g/mol. The number of unbranched alkanes of at least 4 members (excludes halogenated alkanes) is 59. The molecule has 1 amide bonds. The molecule has 0 aliphatic heterocycles. The third kappa shape index (κ3) is 73.1. The normalized spacial score (nSPS) is 12.6. The van der Waals surface area contributed by atoms with Crippen LogP contribution in [0.2, 0.25) is 0 Å². The van der Waals surface area contributed by atoms with Crippen LogP contribution in [0.5, 0.6) is 0 Å². The summed E-state index contributed by atoms with van der Waals surface area (Å²) in [4.78, 5) is 24.6. The molecule has 88 heavy (non-hydrogen) atoms. The van der Waals surface area contributed by atoms with Crippen LogP contribution >= 0.6 is 0 Å². The Morgan fingerprint density at radius 1 is 0.318 bits per heavy atom. The molecule has 0 fully saturated rings. The Hall–Kier alpha value is -1.92. The highest BCUT2D eigenvalue weighted by atomic mass is 16.5. The van der Waals surface area contributed by atoms with Crippen molar-refractivity contribution in [2.75, 3.05) is 13.2 Å². The molecule has 0 heterocycles. The molecule has 0 spiro atoms. The van der Waals surface area contributed by atoms with Gasteiger partial charge in [-0.15, -0.1) is 0 Å². The maximum atomic E-state index is 12.5. The summed E-state index contributed by atoms with van der Waals surface area (Å²) < 4.78 is 5.52. The summed E-state index contributed by atoms with van der Waals surface area (Å²) in [5.74, 6) is -0.00884. The predicted octanol–water partition coefficient (Wildman–Crippen LogP) is 26.6. The number of aliphatic hydroxyl groups is 2. The second kappa shape index (κ2) is 77.5. The van der Waals surface area contributed by atoms with E-state index in [9.17, 15) is 19.8 Å². The number of ether oxygens (including phenoxy) is 1. The number of amides is 1. The lowest BCUT2D eigenvalue weighted by Gasteiger charge is -2.22. The molecule has 3 N–H and O–H groups in total. The van der Waals surface area contributed by atoms with Gasteiger partial charge in [-0.2, -0.15) is 0 Å². The van der Waals surface area contributed by atoms with Crippen LogP contribution in [0.3, 0.4) is 0 Å². The Labute approximate surface area is 551 Å². The molecule has 0 saturated carbocycles. The van der Waals surface area contributed by atoms with Crippen molar-refractivity contribution in [3.63, 3.8) is 0 Å². The second-order valence-corrected chi connectivity index (χ2v) is 27.7. The quantitative estimate of drug-likeness (QED) is 0.0320. The first kappa shape index (κ1) is 86.1. The molecule has 0 aromatic carbocycles. The zero-order valence-corrected chi connectivity index (χ0v) is 59.7. The number of nitrogens with one attached hydrogen (secondary N) is 1. The lowest BCUT2D eigenvalue weighted by Crippen LogP contribution is -2.45. The molecule has 0 aliphatic rings. The Bertz CT molecular complexity index is 1430. The number of carbonyl (C=O) groups is 2. The van der Waals surface area contributed by atoms with E-state index in [4.69, 9.17) is 4.74 Å². The maximum Gasteiger partial charge on any atom is 0.305 e. The van der Waals surface area contributed by atoms with Gasteiger partial charge in [0, 0.05) is 12.8 Å². The van der Waals surface area contributed by atoms with Gasteiger partial charge in [0.05, 0.1) is 25.4 Å². The first-order valence-electron chi connectivity index (χ1n) is 40.2. The fourth-order valence-electron chi connectivity index (χ4n) is 12.8. The summed E-state index contributed by atoms with van der Waals surface area (Å²) in [7, 11) is 0. The molecular formula is C82H157NO5. The van der Waals surface area contributed by atoms with Crippen LogP contribution < -0.4 is 5.32 Å². The van der Waals surface area contributed by atoms with E-state index < -0.39 is 12.1 Å². The van der Waals surface area contributed by atoms with E-state index >= 15 is 0 Å². The third-order valence-corrected chi connectivity index (χ3v) is 18.9. The fourth-order valence-corrected chi connectivity index (χ4v) is 12.8. The monoisotopic (exact) mass is 1240 g/mol. The zero-order chi connectivity index (χ0) is 63.5. The number of hydrogen-bond donors (Lipinski definition) is 3. The first-order chi connectivity index (χ1) is 43.5. The SMILES string of the molecule is CCCCC/C=C\C/C=C\CCCCCCCCCCCC(=O)OCCCCCCCCCCCCCCCCCCCC/C=C\CCCCCCCCCCCCCCCCCCCC(=O)NC(CO)C(O)CCCCCCCCCCCCCCC.